The van der Waals surface area contributed by atoms with Crippen molar-refractivity contribution in [3.05, 3.63) is 69.7 Å². The van der Waals surface area contributed by atoms with Crippen LogP contribution in [0.3, 0.4) is 0 Å². The van der Waals surface area contributed by atoms with E-state index in [-0.39, 0.29) is 36.4 Å². The fraction of sp³-hybridized carbons (Fsp3) is 0.481. The first-order chi connectivity index (χ1) is 16.7. The number of morpholine rings is 1. The summed E-state index contributed by atoms with van der Waals surface area (Å²) >= 11 is 12.6. The van der Waals surface area contributed by atoms with Gasteiger partial charge in [0, 0.05) is 29.1 Å². The van der Waals surface area contributed by atoms with Crippen molar-refractivity contribution in [3.63, 3.8) is 0 Å². The minimum absolute atomic E-state index is 0.154. The Balaban J connectivity index is 1.89. The van der Waals surface area contributed by atoms with E-state index in [1.54, 1.807) is 6.92 Å². The highest BCUT2D eigenvalue weighted by Gasteiger charge is 2.53. The van der Waals surface area contributed by atoms with E-state index in [2.05, 4.69) is 5.32 Å². The number of amides is 1. The van der Waals surface area contributed by atoms with Gasteiger partial charge < -0.3 is 20.1 Å². The average Bonchev–Trinajstić information content (AvgIpc) is 2.83. The van der Waals surface area contributed by atoms with E-state index in [1.807, 2.05) is 60.4 Å². The van der Waals surface area contributed by atoms with E-state index in [9.17, 15) is 14.7 Å². The van der Waals surface area contributed by atoms with Crippen molar-refractivity contribution < 1.29 is 19.4 Å². The molecule has 2 aromatic carbocycles. The number of carboxylic acids is 1. The molecule has 5 atom stereocenters. The Morgan fingerprint density at radius 2 is 1.94 bits per heavy atom. The van der Waals surface area contributed by atoms with Crippen molar-refractivity contribution in [2.45, 2.75) is 57.2 Å². The van der Waals surface area contributed by atoms with Gasteiger partial charge in [-0.3, -0.25) is 9.59 Å². The standard InChI is InChI=1S/C27H32Cl2N2O4/c1-3-22(23-16-30-11-12-35-23)31-25(17-7-9-19(28)10-8-17)21(18-5-4-6-20(29)13-18)14-27(2,26(31)34)15-24(32)33/h4-10,13,21-23,25,30H,3,11-12,14-16H2,1-2H3,(H,32,33)/t21-,22-,23-,25-,27+/m1/s1. The largest absolute Gasteiger partial charge is 0.481 e. The van der Waals surface area contributed by atoms with Crippen LogP contribution in [0.5, 0.6) is 0 Å². The summed E-state index contributed by atoms with van der Waals surface area (Å²) in [6, 6.07) is 14.7. The highest BCUT2D eigenvalue weighted by atomic mass is 35.5. The summed E-state index contributed by atoms with van der Waals surface area (Å²) in [7, 11) is 0. The highest BCUT2D eigenvalue weighted by molar-refractivity contribution is 6.30. The van der Waals surface area contributed by atoms with Gasteiger partial charge >= 0.3 is 5.97 Å². The molecule has 0 spiro atoms. The molecule has 1 amide bonds. The molecular weight excluding hydrogens is 487 g/mol. The number of nitrogens with zero attached hydrogens (tertiary/aromatic N) is 1. The Morgan fingerprint density at radius 3 is 2.54 bits per heavy atom. The lowest BCUT2D eigenvalue weighted by Crippen LogP contribution is -2.61. The van der Waals surface area contributed by atoms with E-state index in [4.69, 9.17) is 27.9 Å². The predicted molar refractivity (Wildman–Crippen MR) is 137 cm³/mol. The van der Waals surface area contributed by atoms with Gasteiger partial charge in [0.2, 0.25) is 5.91 Å². The van der Waals surface area contributed by atoms with E-state index >= 15 is 0 Å². The maximum Gasteiger partial charge on any atom is 0.304 e. The van der Waals surface area contributed by atoms with Crippen LogP contribution in [0.15, 0.2) is 48.5 Å². The second-order valence-electron chi connectivity index (χ2n) is 9.79. The quantitative estimate of drug-likeness (QED) is 0.519. The monoisotopic (exact) mass is 518 g/mol. The maximum absolute atomic E-state index is 14.3. The zero-order valence-electron chi connectivity index (χ0n) is 20.0. The zero-order chi connectivity index (χ0) is 25.2. The second-order valence-corrected chi connectivity index (χ2v) is 10.7. The SMILES string of the molecule is CC[C@H]([C@H]1CNCCO1)N1C(=O)[C@](C)(CC(=O)O)C[C@H](c2cccc(Cl)c2)[C@H]1c1ccc(Cl)cc1. The smallest absolute Gasteiger partial charge is 0.304 e. The number of benzene rings is 2. The van der Waals surface area contributed by atoms with Crippen molar-refractivity contribution >= 4 is 35.1 Å². The number of ether oxygens (including phenoxy) is 1. The van der Waals surface area contributed by atoms with E-state index in [0.29, 0.717) is 36.0 Å². The number of hydrogen-bond donors (Lipinski definition) is 2. The van der Waals surface area contributed by atoms with Gasteiger partial charge in [0.1, 0.15) is 0 Å². The molecule has 2 aliphatic rings. The van der Waals surface area contributed by atoms with Gasteiger partial charge in [0.25, 0.3) is 0 Å². The molecule has 8 heteroatoms. The molecule has 4 rings (SSSR count). The number of nitrogens with one attached hydrogen (secondary N) is 1. The number of carbonyl (C=O) groups excluding carboxylic acids is 1. The molecule has 6 nitrogen and oxygen atoms in total. The molecule has 0 unspecified atom stereocenters. The molecule has 0 aliphatic carbocycles. The van der Waals surface area contributed by atoms with E-state index in [0.717, 1.165) is 17.7 Å². The maximum atomic E-state index is 14.3. The number of aliphatic carboxylic acids is 1. The number of likely N-dealkylation sites (tertiary alicyclic amines) is 1. The Kier molecular flexibility index (Phi) is 8.06. The number of carboxylic acid groups (broad SMARTS) is 1. The van der Waals surface area contributed by atoms with Gasteiger partial charge in [0.15, 0.2) is 0 Å². The number of halogens is 2. The van der Waals surface area contributed by atoms with Crippen LogP contribution in [0.4, 0.5) is 0 Å². The van der Waals surface area contributed by atoms with Crippen molar-refractivity contribution in [1.82, 2.24) is 10.2 Å². The first-order valence-electron chi connectivity index (χ1n) is 12.1. The summed E-state index contributed by atoms with van der Waals surface area (Å²) in [4.78, 5) is 28.1. The Hall–Kier alpha value is -2.12. The molecule has 0 bridgehead atoms. The molecule has 35 heavy (non-hydrogen) atoms. The molecule has 0 aromatic heterocycles. The summed E-state index contributed by atoms with van der Waals surface area (Å²) in [6.45, 7) is 5.79. The predicted octanol–water partition coefficient (Wildman–Crippen LogP) is 5.30. The fourth-order valence-corrected chi connectivity index (χ4v) is 6.04. The normalized spacial score (nSPS) is 28.1. The van der Waals surface area contributed by atoms with E-state index in [1.165, 1.54) is 0 Å². The van der Waals surface area contributed by atoms with E-state index < -0.39 is 11.4 Å². The number of hydrogen-bond acceptors (Lipinski definition) is 4. The van der Waals surface area contributed by atoms with Gasteiger partial charge in [-0.25, -0.2) is 0 Å². The van der Waals surface area contributed by atoms with Crippen LogP contribution >= 0.6 is 23.2 Å². The van der Waals surface area contributed by atoms with Gasteiger partial charge in [0.05, 0.1) is 36.6 Å². The molecule has 2 fully saturated rings. The van der Waals surface area contributed by atoms with Crippen LogP contribution in [0, 0.1) is 5.41 Å². The number of carbonyl (C=O) groups is 2. The third kappa shape index (κ3) is 5.51. The molecular formula is C27H32Cl2N2O4. The van der Waals surface area contributed by atoms with Crippen molar-refractivity contribution in [2.75, 3.05) is 19.7 Å². The summed E-state index contributed by atoms with van der Waals surface area (Å²) in [5.41, 5.74) is 0.855. The lowest BCUT2D eigenvalue weighted by atomic mass is 9.66. The number of rotatable bonds is 7. The van der Waals surface area contributed by atoms with Gasteiger partial charge in [-0.1, -0.05) is 61.3 Å². The third-order valence-corrected chi connectivity index (χ3v) is 7.78. The Labute approximate surface area is 216 Å². The summed E-state index contributed by atoms with van der Waals surface area (Å²) < 4.78 is 6.13. The first kappa shape index (κ1) is 26.0. The van der Waals surface area contributed by atoms with Crippen LogP contribution in [-0.4, -0.2) is 53.7 Å². The lowest BCUT2D eigenvalue weighted by molar-refractivity contribution is -0.165. The Morgan fingerprint density at radius 1 is 1.20 bits per heavy atom. The van der Waals surface area contributed by atoms with Crippen molar-refractivity contribution in [2.24, 2.45) is 5.41 Å². The molecule has 188 valence electrons. The third-order valence-electron chi connectivity index (χ3n) is 7.29. The molecule has 2 aliphatic heterocycles. The average molecular weight is 519 g/mol. The minimum Gasteiger partial charge on any atom is -0.481 e. The Bertz CT molecular complexity index is 1060. The fourth-order valence-electron chi connectivity index (χ4n) is 5.72. The van der Waals surface area contributed by atoms with Crippen LogP contribution in [0.25, 0.3) is 0 Å². The van der Waals surface area contributed by atoms with Crippen LogP contribution in [0.2, 0.25) is 10.0 Å². The molecule has 2 N–H and O–H groups in total. The van der Waals surface area contributed by atoms with Gasteiger partial charge in [-0.05, 0) is 48.2 Å². The molecule has 2 heterocycles. The lowest BCUT2D eigenvalue weighted by Gasteiger charge is -2.53. The zero-order valence-corrected chi connectivity index (χ0v) is 21.6. The number of piperidine rings is 1. The second kappa shape index (κ2) is 10.9. The van der Waals surface area contributed by atoms with Crippen LogP contribution in [0.1, 0.15) is 56.2 Å². The molecule has 0 radical (unpaired) electrons. The highest BCUT2D eigenvalue weighted by Crippen LogP contribution is 2.52. The van der Waals surface area contributed by atoms with Gasteiger partial charge in [-0.2, -0.15) is 0 Å². The molecule has 0 saturated carbocycles. The van der Waals surface area contributed by atoms with Crippen molar-refractivity contribution in [3.8, 4) is 0 Å². The van der Waals surface area contributed by atoms with Crippen LogP contribution < -0.4 is 5.32 Å². The topological polar surface area (TPSA) is 78.9 Å². The first-order valence-corrected chi connectivity index (χ1v) is 12.9. The van der Waals surface area contributed by atoms with Crippen molar-refractivity contribution in [1.29, 1.82) is 0 Å². The minimum atomic E-state index is -1.07. The summed E-state index contributed by atoms with van der Waals surface area (Å²) in [5, 5.41) is 14.3. The summed E-state index contributed by atoms with van der Waals surface area (Å²) in [6.07, 6.45) is 0.628. The molecule has 2 aromatic rings. The summed E-state index contributed by atoms with van der Waals surface area (Å²) in [5.74, 6) is -1.30. The molecule has 2 saturated heterocycles. The van der Waals surface area contributed by atoms with Gasteiger partial charge in [-0.15, -0.1) is 0 Å². The van der Waals surface area contributed by atoms with Crippen LogP contribution in [-0.2, 0) is 14.3 Å².